The molecule has 0 radical (unpaired) electrons. The van der Waals surface area contributed by atoms with Crippen LogP contribution in [0.25, 0.3) is 0 Å². The van der Waals surface area contributed by atoms with Crippen LogP contribution in [0.1, 0.15) is 28.7 Å². The Kier molecular flexibility index (Phi) is 7.64. The number of nitrogens with one attached hydrogen (secondary N) is 1. The van der Waals surface area contributed by atoms with E-state index in [9.17, 15) is 9.90 Å². The van der Waals surface area contributed by atoms with Gasteiger partial charge in [-0.3, -0.25) is 5.32 Å². The number of likely N-dealkylation sites (tertiary alicyclic amines) is 1. The van der Waals surface area contributed by atoms with E-state index in [1.807, 2.05) is 84.9 Å². The number of benzene rings is 4. The summed E-state index contributed by atoms with van der Waals surface area (Å²) in [7, 11) is 0. The fraction of sp³-hybridized carbons (Fsp3) is 0.219. The Morgan fingerprint density at radius 1 is 0.784 bits per heavy atom. The maximum absolute atomic E-state index is 13.0. The lowest BCUT2D eigenvalue weighted by Gasteiger charge is -2.44. The van der Waals surface area contributed by atoms with Crippen molar-refractivity contribution in [2.45, 2.75) is 30.7 Å². The Bertz CT molecular complexity index is 1170. The largest absolute Gasteiger partial charge is 0.445 e. The molecule has 2 atom stereocenters. The Balaban J connectivity index is 1.46. The van der Waals surface area contributed by atoms with Gasteiger partial charge in [-0.05, 0) is 28.7 Å². The van der Waals surface area contributed by atoms with Gasteiger partial charge in [0.2, 0.25) is 0 Å². The Morgan fingerprint density at radius 2 is 1.24 bits per heavy atom. The summed E-state index contributed by atoms with van der Waals surface area (Å²) in [6.45, 7) is 1.00. The van der Waals surface area contributed by atoms with Crippen molar-refractivity contribution in [1.29, 1.82) is 0 Å². The van der Waals surface area contributed by atoms with Gasteiger partial charge in [-0.1, -0.05) is 121 Å². The molecule has 0 aromatic heterocycles. The smallest absolute Gasteiger partial charge is 0.410 e. The second-order valence-corrected chi connectivity index (χ2v) is 9.44. The third-order valence-electron chi connectivity index (χ3n) is 7.06. The lowest BCUT2D eigenvalue weighted by molar-refractivity contribution is 0.0283. The molecule has 1 saturated heterocycles. The number of amides is 1. The lowest BCUT2D eigenvalue weighted by Crippen LogP contribution is -2.61. The van der Waals surface area contributed by atoms with Gasteiger partial charge in [0, 0.05) is 13.1 Å². The van der Waals surface area contributed by atoms with Gasteiger partial charge in [-0.15, -0.1) is 0 Å². The first-order valence-corrected chi connectivity index (χ1v) is 12.7. The van der Waals surface area contributed by atoms with E-state index in [1.54, 1.807) is 4.90 Å². The van der Waals surface area contributed by atoms with E-state index in [0.29, 0.717) is 19.5 Å². The molecule has 1 amide bonds. The monoisotopic (exact) mass is 492 g/mol. The molecular weight excluding hydrogens is 460 g/mol. The molecule has 5 heteroatoms. The zero-order valence-electron chi connectivity index (χ0n) is 20.7. The van der Waals surface area contributed by atoms with Crippen molar-refractivity contribution in [2.75, 3.05) is 13.1 Å². The molecule has 188 valence electrons. The van der Waals surface area contributed by atoms with Crippen molar-refractivity contribution in [3.63, 3.8) is 0 Å². The third-order valence-corrected chi connectivity index (χ3v) is 7.06. The molecule has 2 N–H and O–H groups in total. The number of hydrogen-bond acceptors (Lipinski definition) is 4. The summed E-state index contributed by atoms with van der Waals surface area (Å²) in [6.07, 6.45) is -0.520. The molecule has 0 saturated carbocycles. The standard InChI is InChI=1S/C32H32N2O3/c35-30-21-22-34(31(36)37-24-25-13-5-1-6-14-25)23-29(30)33-32(26-15-7-2-8-16-26,27-17-9-3-10-18-27)28-19-11-4-12-20-28/h1-20,29-30,33,35H,21-24H2. The minimum Gasteiger partial charge on any atom is -0.445 e. The molecule has 1 aliphatic heterocycles. The van der Waals surface area contributed by atoms with Gasteiger partial charge in [0.05, 0.1) is 17.7 Å². The maximum Gasteiger partial charge on any atom is 0.410 e. The zero-order valence-corrected chi connectivity index (χ0v) is 20.7. The van der Waals surface area contributed by atoms with E-state index in [0.717, 1.165) is 22.3 Å². The van der Waals surface area contributed by atoms with Crippen LogP contribution in [0, 0.1) is 0 Å². The first-order chi connectivity index (χ1) is 18.2. The quantitative estimate of drug-likeness (QED) is 0.342. The fourth-order valence-corrected chi connectivity index (χ4v) is 5.15. The summed E-state index contributed by atoms with van der Waals surface area (Å²) < 4.78 is 5.61. The number of piperidine rings is 1. The molecule has 37 heavy (non-hydrogen) atoms. The number of carbonyl (C=O) groups excluding carboxylic acids is 1. The van der Waals surface area contributed by atoms with Crippen molar-refractivity contribution in [1.82, 2.24) is 10.2 Å². The van der Waals surface area contributed by atoms with E-state index in [-0.39, 0.29) is 18.7 Å². The second-order valence-electron chi connectivity index (χ2n) is 9.44. The van der Waals surface area contributed by atoms with Crippen LogP contribution in [0.15, 0.2) is 121 Å². The fourth-order valence-electron chi connectivity index (χ4n) is 5.15. The number of aliphatic hydroxyl groups excluding tert-OH is 1. The van der Waals surface area contributed by atoms with Crippen molar-refractivity contribution in [3.8, 4) is 0 Å². The number of carbonyl (C=O) groups is 1. The van der Waals surface area contributed by atoms with Gasteiger partial charge in [-0.25, -0.2) is 4.79 Å². The number of hydrogen-bond donors (Lipinski definition) is 2. The minimum atomic E-state index is -0.730. The number of nitrogens with zero attached hydrogens (tertiary/aromatic N) is 1. The third kappa shape index (κ3) is 5.43. The Labute approximate surface area is 218 Å². The summed E-state index contributed by atoms with van der Waals surface area (Å²) in [5.41, 5.74) is 3.39. The molecule has 5 rings (SSSR count). The molecule has 1 fully saturated rings. The van der Waals surface area contributed by atoms with Crippen molar-refractivity contribution >= 4 is 6.09 Å². The van der Waals surface area contributed by atoms with E-state index >= 15 is 0 Å². The molecule has 2 unspecified atom stereocenters. The maximum atomic E-state index is 13.0. The lowest BCUT2D eigenvalue weighted by atomic mass is 9.76. The van der Waals surface area contributed by atoms with Crippen LogP contribution >= 0.6 is 0 Å². The van der Waals surface area contributed by atoms with Crippen molar-refractivity contribution in [3.05, 3.63) is 144 Å². The Morgan fingerprint density at radius 3 is 1.73 bits per heavy atom. The molecule has 4 aromatic carbocycles. The Hall–Kier alpha value is -3.93. The van der Waals surface area contributed by atoms with Crippen LogP contribution < -0.4 is 5.32 Å². The van der Waals surface area contributed by atoms with E-state index in [4.69, 9.17) is 4.74 Å². The van der Waals surface area contributed by atoms with Gasteiger partial charge in [0.1, 0.15) is 6.61 Å². The normalized spacial score (nSPS) is 17.8. The van der Waals surface area contributed by atoms with Crippen LogP contribution in [-0.2, 0) is 16.9 Å². The molecule has 0 spiro atoms. The highest BCUT2D eigenvalue weighted by Crippen LogP contribution is 2.38. The predicted molar refractivity (Wildman–Crippen MR) is 145 cm³/mol. The average Bonchev–Trinajstić information content (AvgIpc) is 2.97. The van der Waals surface area contributed by atoms with Crippen LogP contribution in [0.4, 0.5) is 4.79 Å². The van der Waals surface area contributed by atoms with Gasteiger partial charge in [0.25, 0.3) is 0 Å². The summed E-state index contributed by atoms with van der Waals surface area (Å²) >= 11 is 0. The highest BCUT2D eigenvalue weighted by atomic mass is 16.6. The molecule has 4 aromatic rings. The van der Waals surface area contributed by atoms with Gasteiger partial charge in [-0.2, -0.15) is 0 Å². The zero-order chi connectivity index (χ0) is 25.5. The van der Waals surface area contributed by atoms with Crippen LogP contribution in [0.5, 0.6) is 0 Å². The highest BCUT2D eigenvalue weighted by Gasteiger charge is 2.42. The van der Waals surface area contributed by atoms with E-state index in [2.05, 4.69) is 41.7 Å². The van der Waals surface area contributed by atoms with E-state index < -0.39 is 11.6 Å². The van der Waals surface area contributed by atoms with Crippen LogP contribution in [-0.4, -0.2) is 41.3 Å². The summed E-state index contributed by atoms with van der Waals surface area (Å²) in [6, 6.07) is 40.1. The molecule has 5 nitrogen and oxygen atoms in total. The molecule has 1 aliphatic rings. The molecule has 0 bridgehead atoms. The minimum absolute atomic E-state index is 0.221. The highest BCUT2D eigenvalue weighted by molar-refractivity contribution is 5.68. The first-order valence-electron chi connectivity index (χ1n) is 12.7. The predicted octanol–water partition coefficient (Wildman–Crippen LogP) is 5.34. The number of ether oxygens (including phenoxy) is 1. The number of aliphatic hydroxyl groups is 1. The van der Waals surface area contributed by atoms with Gasteiger partial charge >= 0.3 is 6.09 Å². The summed E-state index contributed by atoms with van der Waals surface area (Å²) in [5.74, 6) is 0. The van der Waals surface area contributed by atoms with Gasteiger partial charge in [0.15, 0.2) is 0 Å². The molecular formula is C32H32N2O3. The van der Waals surface area contributed by atoms with Crippen LogP contribution in [0.3, 0.4) is 0 Å². The molecule has 1 heterocycles. The number of rotatable bonds is 7. The summed E-state index contributed by atoms with van der Waals surface area (Å²) in [5, 5.41) is 15.0. The van der Waals surface area contributed by atoms with Gasteiger partial charge < -0.3 is 14.7 Å². The van der Waals surface area contributed by atoms with Crippen molar-refractivity contribution < 1.29 is 14.6 Å². The second kappa shape index (κ2) is 11.4. The topological polar surface area (TPSA) is 61.8 Å². The molecule has 0 aliphatic carbocycles. The first kappa shape index (κ1) is 24.8. The summed E-state index contributed by atoms with van der Waals surface area (Å²) in [4.78, 5) is 14.7. The van der Waals surface area contributed by atoms with Crippen LogP contribution in [0.2, 0.25) is 0 Å². The van der Waals surface area contributed by atoms with E-state index in [1.165, 1.54) is 0 Å². The van der Waals surface area contributed by atoms with Crippen molar-refractivity contribution in [2.24, 2.45) is 0 Å². The SMILES string of the molecule is O=C(OCc1ccccc1)N1CCC(O)C(NC(c2ccccc2)(c2ccccc2)c2ccccc2)C1. The average molecular weight is 493 g/mol.